The molecule has 0 N–H and O–H groups in total. The summed E-state index contributed by atoms with van der Waals surface area (Å²) in [5.41, 5.74) is 3.15. The van der Waals surface area contributed by atoms with E-state index < -0.39 is 0 Å². The van der Waals surface area contributed by atoms with Crippen LogP contribution in [0, 0.1) is 0 Å². The van der Waals surface area contributed by atoms with Crippen molar-refractivity contribution in [3.63, 3.8) is 0 Å². The zero-order valence-corrected chi connectivity index (χ0v) is 17.4. The first-order chi connectivity index (χ1) is 15.1. The van der Waals surface area contributed by atoms with Gasteiger partial charge < -0.3 is 4.74 Å². The smallest absolute Gasteiger partial charge is 0.265 e. The van der Waals surface area contributed by atoms with Gasteiger partial charge in [-0.05, 0) is 48.9 Å². The van der Waals surface area contributed by atoms with Crippen LogP contribution in [0.5, 0.6) is 5.88 Å². The third-order valence-electron chi connectivity index (χ3n) is 5.03. The molecule has 0 saturated carbocycles. The number of aromatic nitrogens is 4. The maximum atomic E-state index is 13.7. The monoisotopic (exact) mass is 428 g/mol. The molecular formula is C24H17ClN4O2. The summed E-state index contributed by atoms with van der Waals surface area (Å²) in [7, 11) is 0. The summed E-state index contributed by atoms with van der Waals surface area (Å²) in [4.78, 5) is 26.7. The summed E-state index contributed by atoms with van der Waals surface area (Å²) in [6, 6.07) is 16.5. The Morgan fingerprint density at radius 2 is 1.87 bits per heavy atom. The summed E-state index contributed by atoms with van der Waals surface area (Å²) >= 11 is 6.08. The number of halogens is 1. The van der Waals surface area contributed by atoms with Gasteiger partial charge in [-0.25, -0.2) is 15.0 Å². The van der Waals surface area contributed by atoms with Crippen LogP contribution in [0.15, 0.2) is 78.1 Å². The Bertz CT molecular complexity index is 1480. The van der Waals surface area contributed by atoms with E-state index in [0.717, 1.165) is 27.5 Å². The average Bonchev–Trinajstić information content (AvgIpc) is 2.79. The SMILES string of the molecule is CCOc1ccc2cn(-c3ccc4ncncc4c3)c(=O)c(-c3ccc(Cl)cc3)c2n1. The molecule has 0 atom stereocenters. The van der Waals surface area contributed by atoms with Gasteiger partial charge in [-0.3, -0.25) is 9.36 Å². The van der Waals surface area contributed by atoms with Crippen LogP contribution < -0.4 is 10.3 Å². The van der Waals surface area contributed by atoms with Gasteiger partial charge in [0.05, 0.1) is 23.2 Å². The molecule has 0 bridgehead atoms. The van der Waals surface area contributed by atoms with Crippen molar-refractivity contribution in [3.05, 3.63) is 88.7 Å². The molecule has 152 valence electrons. The van der Waals surface area contributed by atoms with Crippen LogP contribution in [0.25, 0.3) is 38.6 Å². The molecular weight excluding hydrogens is 412 g/mol. The standard InChI is InChI=1S/C24H17ClN4O2/c1-2-31-21-10-5-16-13-29(19-8-9-20-17(11-19)12-26-14-27-20)24(30)22(23(16)28-21)15-3-6-18(25)7-4-15/h3-14H,2H2,1H3. The van der Waals surface area contributed by atoms with Gasteiger partial charge in [-0.2, -0.15) is 0 Å². The zero-order chi connectivity index (χ0) is 21.4. The van der Waals surface area contributed by atoms with Crippen LogP contribution in [0.3, 0.4) is 0 Å². The number of pyridine rings is 2. The highest BCUT2D eigenvalue weighted by atomic mass is 35.5. The number of hydrogen-bond donors (Lipinski definition) is 0. The molecule has 0 unspecified atom stereocenters. The lowest BCUT2D eigenvalue weighted by atomic mass is 10.0. The first kappa shape index (κ1) is 19.2. The summed E-state index contributed by atoms with van der Waals surface area (Å²) in [6.07, 6.45) is 5.03. The Morgan fingerprint density at radius 1 is 1.03 bits per heavy atom. The first-order valence-corrected chi connectivity index (χ1v) is 10.2. The Labute approximate surface area is 182 Å². The van der Waals surface area contributed by atoms with E-state index in [9.17, 15) is 4.79 Å². The Balaban J connectivity index is 1.81. The number of benzene rings is 2. The van der Waals surface area contributed by atoms with E-state index in [-0.39, 0.29) is 5.56 Å². The molecule has 5 rings (SSSR count). The fraction of sp³-hybridized carbons (Fsp3) is 0.0833. The van der Waals surface area contributed by atoms with Gasteiger partial charge in [0.15, 0.2) is 0 Å². The molecule has 0 spiro atoms. The van der Waals surface area contributed by atoms with Gasteiger partial charge in [0.25, 0.3) is 5.56 Å². The second-order valence-electron chi connectivity index (χ2n) is 6.97. The lowest BCUT2D eigenvalue weighted by Gasteiger charge is -2.13. The molecule has 0 radical (unpaired) electrons. The number of fused-ring (bicyclic) bond motifs is 2. The molecule has 6 nitrogen and oxygen atoms in total. The average molecular weight is 429 g/mol. The minimum atomic E-state index is -0.188. The molecule has 31 heavy (non-hydrogen) atoms. The molecule has 0 amide bonds. The van der Waals surface area contributed by atoms with E-state index in [1.54, 1.807) is 35.2 Å². The predicted octanol–water partition coefficient (Wildman–Crippen LogP) is 5.05. The number of hydrogen-bond acceptors (Lipinski definition) is 5. The van der Waals surface area contributed by atoms with Crippen molar-refractivity contribution in [3.8, 4) is 22.7 Å². The maximum absolute atomic E-state index is 13.7. The van der Waals surface area contributed by atoms with Crippen LogP contribution in [0.1, 0.15) is 6.92 Å². The molecule has 3 heterocycles. The summed E-state index contributed by atoms with van der Waals surface area (Å²) in [6.45, 7) is 2.39. The van der Waals surface area contributed by atoms with Crippen molar-refractivity contribution in [2.75, 3.05) is 6.61 Å². The van der Waals surface area contributed by atoms with E-state index in [0.29, 0.717) is 28.6 Å². The maximum Gasteiger partial charge on any atom is 0.265 e. The van der Waals surface area contributed by atoms with E-state index in [1.165, 1.54) is 6.33 Å². The van der Waals surface area contributed by atoms with Crippen molar-refractivity contribution >= 4 is 33.4 Å². The third-order valence-corrected chi connectivity index (χ3v) is 5.28. The minimum absolute atomic E-state index is 0.188. The second kappa shape index (κ2) is 7.81. The van der Waals surface area contributed by atoms with Gasteiger partial charge in [0.1, 0.15) is 6.33 Å². The second-order valence-corrected chi connectivity index (χ2v) is 7.41. The summed E-state index contributed by atoms with van der Waals surface area (Å²) in [5, 5.41) is 2.27. The normalized spacial score (nSPS) is 11.2. The predicted molar refractivity (Wildman–Crippen MR) is 122 cm³/mol. The van der Waals surface area contributed by atoms with E-state index in [2.05, 4.69) is 15.0 Å². The van der Waals surface area contributed by atoms with Crippen molar-refractivity contribution in [1.82, 2.24) is 19.5 Å². The molecule has 0 aliphatic heterocycles. The molecule has 5 aromatic rings. The molecule has 2 aromatic carbocycles. The molecule has 0 saturated heterocycles. The van der Waals surface area contributed by atoms with Gasteiger partial charge in [-0.15, -0.1) is 0 Å². The molecule has 0 aliphatic carbocycles. The quantitative estimate of drug-likeness (QED) is 0.400. The minimum Gasteiger partial charge on any atom is -0.478 e. The zero-order valence-electron chi connectivity index (χ0n) is 16.6. The van der Waals surface area contributed by atoms with Gasteiger partial charge >= 0.3 is 0 Å². The van der Waals surface area contributed by atoms with Crippen molar-refractivity contribution < 1.29 is 4.74 Å². The Morgan fingerprint density at radius 3 is 2.68 bits per heavy atom. The highest BCUT2D eigenvalue weighted by molar-refractivity contribution is 6.30. The molecule has 3 aromatic heterocycles. The number of ether oxygens (including phenoxy) is 1. The fourth-order valence-corrected chi connectivity index (χ4v) is 3.72. The fourth-order valence-electron chi connectivity index (χ4n) is 3.59. The summed E-state index contributed by atoms with van der Waals surface area (Å²) < 4.78 is 7.20. The topological polar surface area (TPSA) is 69.9 Å². The van der Waals surface area contributed by atoms with E-state index in [1.807, 2.05) is 43.3 Å². The highest BCUT2D eigenvalue weighted by Gasteiger charge is 2.16. The third kappa shape index (κ3) is 3.51. The number of rotatable bonds is 4. The van der Waals surface area contributed by atoms with Crippen LogP contribution in [-0.4, -0.2) is 26.1 Å². The number of nitrogens with zero attached hydrogens (tertiary/aromatic N) is 4. The Hall–Kier alpha value is -3.77. The van der Waals surface area contributed by atoms with E-state index in [4.69, 9.17) is 16.3 Å². The largest absolute Gasteiger partial charge is 0.478 e. The van der Waals surface area contributed by atoms with Crippen molar-refractivity contribution in [2.45, 2.75) is 6.92 Å². The van der Waals surface area contributed by atoms with Crippen LogP contribution >= 0.6 is 11.6 Å². The molecule has 0 fully saturated rings. The van der Waals surface area contributed by atoms with Crippen LogP contribution in [0.2, 0.25) is 5.02 Å². The highest BCUT2D eigenvalue weighted by Crippen LogP contribution is 2.28. The van der Waals surface area contributed by atoms with Crippen molar-refractivity contribution in [1.29, 1.82) is 0 Å². The first-order valence-electron chi connectivity index (χ1n) is 9.79. The van der Waals surface area contributed by atoms with Crippen LogP contribution in [0.4, 0.5) is 0 Å². The molecule has 7 heteroatoms. The van der Waals surface area contributed by atoms with Crippen LogP contribution in [-0.2, 0) is 0 Å². The summed E-state index contributed by atoms with van der Waals surface area (Å²) in [5.74, 6) is 0.477. The van der Waals surface area contributed by atoms with E-state index >= 15 is 0 Å². The van der Waals surface area contributed by atoms with Gasteiger partial charge in [0, 0.05) is 39.9 Å². The Kier molecular flexibility index (Phi) is 4.84. The molecule has 0 aliphatic rings. The lowest BCUT2D eigenvalue weighted by Crippen LogP contribution is -2.20. The lowest BCUT2D eigenvalue weighted by molar-refractivity contribution is 0.328. The van der Waals surface area contributed by atoms with Gasteiger partial charge in [0.2, 0.25) is 5.88 Å². The van der Waals surface area contributed by atoms with Crippen molar-refractivity contribution in [2.24, 2.45) is 0 Å². The van der Waals surface area contributed by atoms with Gasteiger partial charge in [-0.1, -0.05) is 23.7 Å².